The zero-order chi connectivity index (χ0) is 22.9. The highest BCUT2D eigenvalue weighted by molar-refractivity contribution is 8.26. The fourth-order valence-corrected chi connectivity index (χ4v) is 4.47. The van der Waals surface area contributed by atoms with Crippen molar-refractivity contribution in [3.8, 4) is 11.5 Å². The molecule has 1 aliphatic rings. The number of hydrogen-bond acceptors (Lipinski definition) is 5. The Kier molecular flexibility index (Phi) is 8.94. The van der Waals surface area contributed by atoms with Crippen LogP contribution in [0.1, 0.15) is 43.7 Å². The second kappa shape index (κ2) is 11.9. The van der Waals surface area contributed by atoms with E-state index in [1.807, 2.05) is 42.5 Å². The lowest BCUT2D eigenvalue weighted by Crippen LogP contribution is -2.27. The Bertz CT molecular complexity index is 985. The Morgan fingerprint density at radius 1 is 1.12 bits per heavy atom. The van der Waals surface area contributed by atoms with Crippen molar-refractivity contribution in [1.82, 2.24) is 4.90 Å². The van der Waals surface area contributed by atoms with Crippen molar-refractivity contribution in [3.05, 3.63) is 77.2 Å². The molecular formula is C26H29NO3S2. The number of ether oxygens (including phenoxy) is 2. The fraction of sp³-hybridized carbons (Fsp3) is 0.308. The Morgan fingerprint density at radius 2 is 1.84 bits per heavy atom. The Morgan fingerprint density at radius 3 is 2.53 bits per heavy atom. The summed E-state index contributed by atoms with van der Waals surface area (Å²) in [6, 6.07) is 16.0. The fourth-order valence-electron chi connectivity index (χ4n) is 3.20. The molecule has 2 aromatic rings. The summed E-state index contributed by atoms with van der Waals surface area (Å²) in [5, 5.41) is 0. The molecule has 0 unspecified atom stereocenters. The van der Waals surface area contributed by atoms with Gasteiger partial charge in [-0.15, -0.1) is 6.58 Å². The van der Waals surface area contributed by atoms with Crippen molar-refractivity contribution in [2.45, 2.75) is 32.6 Å². The molecule has 0 radical (unpaired) electrons. The third-order valence-electron chi connectivity index (χ3n) is 5.23. The Hall–Kier alpha value is -2.57. The van der Waals surface area contributed by atoms with Gasteiger partial charge in [-0.2, -0.15) is 0 Å². The molecule has 0 aromatic heterocycles. The van der Waals surface area contributed by atoms with Crippen LogP contribution in [0.3, 0.4) is 0 Å². The summed E-state index contributed by atoms with van der Waals surface area (Å²) >= 11 is 6.60. The first-order chi connectivity index (χ1) is 15.5. The van der Waals surface area contributed by atoms with Gasteiger partial charge in [0.2, 0.25) is 0 Å². The summed E-state index contributed by atoms with van der Waals surface area (Å²) in [4.78, 5) is 14.6. The van der Waals surface area contributed by atoms with Gasteiger partial charge in [-0.1, -0.05) is 68.2 Å². The molecule has 32 heavy (non-hydrogen) atoms. The van der Waals surface area contributed by atoms with E-state index in [-0.39, 0.29) is 5.91 Å². The SMILES string of the molecule is C=CCN1C(=O)/C(=C/c2cccc(OCCCOc3ccc([C@H](C)CC)cc3)c2)SC1=S. The number of nitrogens with zero attached hydrogens (tertiary/aromatic N) is 1. The average molecular weight is 468 g/mol. The Balaban J connectivity index is 1.47. The van der Waals surface area contributed by atoms with Crippen LogP contribution in [0.25, 0.3) is 6.08 Å². The van der Waals surface area contributed by atoms with E-state index in [2.05, 4.69) is 32.6 Å². The maximum absolute atomic E-state index is 12.5. The monoisotopic (exact) mass is 467 g/mol. The van der Waals surface area contributed by atoms with Crippen LogP contribution in [-0.4, -0.2) is 34.9 Å². The number of benzene rings is 2. The van der Waals surface area contributed by atoms with Crippen molar-refractivity contribution in [2.24, 2.45) is 0 Å². The molecule has 1 aliphatic heterocycles. The third kappa shape index (κ3) is 6.47. The summed E-state index contributed by atoms with van der Waals surface area (Å²) in [6.07, 6.45) is 5.43. The largest absolute Gasteiger partial charge is 0.493 e. The molecule has 1 fully saturated rings. The summed E-state index contributed by atoms with van der Waals surface area (Å²) in [5.74, 6) is 2.13. The Labute approximate surface area is 200 Å². The van der Waals surface area contributed by atoms with E-state index in [0.717, 1.165) is 29.9 Å². The van der Waals surface area contributed by atoms with E-state index >= 15 is 0 Å². The number of thiocarbonyl (C=S) groups is 1. The molecule has 0 saturated carbocycles. The van der Waals surface area contributed by atoms with Crippen molar-refractivity contribution < 1.29 is 14.3 Å². The standard InChI is InChI=1S/C26H29NO3S2/c1-4-14-27-25(28)24(32-26(27)31)18-20-8-6-9-23(17-20)30-16-7-15-29-22-12-10-21(11-13-22)19(3)5-2/h4,6,8-13,17-19H,1,5,7,14-16H2,2-3H3/b24-18-/t19-/m1/s1. The third-order valence-corrected chi connectivity index (χ3v) is 6.61. The topological polar surface area (TPSA) is 38.8 Å². The van der Waals surface area contributed by atoms with E-state index in [1.54, 1.807) is 11.0 Å². The molecular weight excluding hydrogens is 438 g/mol. The zero-order valence-electron chi connectivity index (χ0n) is 18.6. The van der Waals surface area contributed by atoms with Crippen molar-refractivity contribution >= 4 is 40.3 Å². The van der Waals surface area contributed by atoms with Crippen molar-refractivity contribution in [3.63, 3.8) is 0 Å². The normalized spacial score (nSPS) is 15.8. The molecule has 1 amide bonds. The molecule has 2 aromatic carbocycles. The molecule has 0 spiro atoms. The van der Waals surface area contributed by atoms with Gasteiger partial charge in [-0.05, 0) is 53.8 Å². The van der Waals surface area contributed by atoms with Gasteiger partial charge in [0.1, 0.15) is 15.8 Å². The maximum atomic E-state index is 12.5. The maximum Gasteiger partial charge on any atom is 0.266 e. The van der Waals surface area contributed by atoms with Crippen LogP contribution in [0.4, 0.5) is 0 Å². The highest BCUT2D eigenvalue weighted by atomic mass is 32.2. The zero-order valence-corrected chi connectivity index (χ0v) is 20.2. The summed E-state index contributed by atoms with van der Waals surface area (Å²) < 4.78 is 12.3. The van der Waals surface area contributed by atoms with Crippen LogP contribution in [0.15, 0.2) is 66.1 Å². The van der Waals surface area contributed by atoms with E-state index < -0.39 is 0 Å². The summed E-state index contributed by atoms with van der Waals surface area (Å²) in [7, 11) is 0. The van der Waals surface area contributed by atoms with Gasteiger partial charge in [-0.3, -0.25) is 9.69 Å². The van der Waals surface area contributed by atoms with Crippen LogP contribution in [0.2, 0.25) is 0 Å². The molecule has 1 heterocycles. The first-order valence-electron chi connectivity index (χ1n) is 10.8. The number of rotatable bonds is 11. The molecule has 4 nitrogen and oxygen atoms in total. The molecule has 168 valence electrons. The first kappa shape index (κ1) is 24.1. The number of amides is 1. The number of carbonyl (C=O) groups excluding carboxylic acids is 1. The highest BCUT2D eigenvalue weighted by Crippen LogP contribution is 2.32. The average Bonchev–Trinajstić information content (AvgIpc) is 3.06. The van der Waals surface area contributed by atoms with Crippen molar-refractivity contribution in [1.29, 1.82) is 0 Å². The van der Waals surface area contributed by atoms with E-state index in [9.17, 15) is 4.79 Å². The highest BCUT2D eigenvalue weighted by Gasteiger charge is 2.30. The predicted molar refractivity (Wildman–Crippen MR) is 137 cm³/mol. The molecule has 0 N–H and O–H groups in total. The molecule has 3 rings (SSSR count). The van der Waals surface area contributed by atoms with Gasteiger partial charge in [0.05, 0.1) is 18.1 Å². The molecule has 6 heteroatoms. The lowest BCUT2D eigenvalue weighted by atomic mass is 9.99. The lowest BCUT2D eigenvalue weighted by Gasteiger charge is -2.11. The smallest absolute Gasteiger partial charge is 0.266 e. The van der Waals surface area contributed by atoms with Crippen LogP contribution >= 0.6 is 24.0 Å². The summed E-state index contributed by atoms with van der Waals surface area (Å²) in [5.41, 5.74) is 2.24. The van der Waals surface area contributed by atoms with Crippen molar-refractivity contribution in [2.75, 3.05) is 19.8 Å². The van der Waals surface area contributed by atoms with Gasteiger partial charge in [0, 0.05) is 13.0 Å². The minimum atomic E-state index is -0.0828. The van der Waals surface area contributed by atoms with E-state index in [0.29, 0.717) is 34.9 Å². The second-order valence-corrected chi connectivity index (χ2v) is 9.26. The van der Waals surface area contributed by atoms with Crippen LogP contribution in [0, 0.1) is 0 Å². The lowest BCUT2D eigenvalue weighted by molar-refractivity contribution is -0.121. The van der Waals surface area contributed by atoms with Crippen LogP contribution in [-0.2, 0) is 4.79 Å². The number of carbonyl (C=O) groups is 1. The van der Waals surface area contributed by atoms with Gasteiger partial charge in [0.25, 0.3) is 5.91 Å². The van der Waals surface area contributed by atoms with Crippen LogP contribution in [0.5, 0.6) is 11.5 Å². The molecule has 1 atom stereocenters. The first-order valence-corrected chi connectivity index (χ1v) is 12.1. The number of hydrogen-bond donors (Lipinski definition) is 0. The van der Waals surface area contributed by atoms with E-state index in [4.69, 9.17) is 21.7 Å². The number of thioether (sulfide) groups is 1. The van der Waals surface area contributed by atoms with Gasteiger partial charge < -0.3 is 9.47 Å². The second-order valence-electron chi connectivity index (χ2n) is 7.58. The van der Waals surface area contributed by atoms with Gasteiger partial charge >= 0.3 is 0 Å². The molecule has 1 saturated heterocycles. The minimum Gasteiger partial charge on any atom is -0.493 e. The molecule has 0 aliphatic carbocycles. The van der Waals surface area contributed by atoms with Crippen LogP contribution < -0.4 is 9.47 Å². The molecule has 0 bridgehead atoms. The summed E-state index contributed by atoms with van der Waals surface area (Å²) in [6.45, 7) is 9.67. The quantitative estimate of drug-likeness (QED) is 0.165. The predicted octanol–water partition coefficient (Wildman–Crippen LogP) is 6.44. The minimum absolute atomic E-state index is 0.0828. The van der Waals surface area contributed by atoms with E-state index in [1.165, 1.54) is 17.3 Å². The van der Waals surface area contributed by atoms with Gasteiger partial charge in [-0.25, -0.2) is 0 Å². The van der Waals surface area contributed by atoms with Gasteiger partial charge in [0.15, 0.2) is 0 Å².